The number of halogens is 2. The zero-order valence-electron chi connectivity index (χ0n) is 15.8. The fraction of sp³-hybridized carbons (Fsp3) is 0.381. The van der Waals surface area contributed by atoms with Crippen molar-refractivity contribution in [1.82, 2.24) is 10.2 Å². The van der Waals surface area contributed by atoms with Gasteiger partial charge in [-0.3, -0.25) is 9.69 Å². The summed E-state index contributed by atoms with van der Waals surface area (Å²) >= 11 is 3.23. The fourth-order valence-electron chi connectivity index (χ4n) is 3.43. The van der Waals surface area contributed by atoms with Crippen LogP contribution in [0.2, 0.25) is 0 Å². The number of para-hydroxylation sites is 1. The lowest BCUT2D eigenvalue weighted by Crippen LogP contribution is -2.38. The van der Waals surface area contributed by atoms with E-state index in [1.54, 1.807) is 7.11 Å². The van der Waals surface area contributed by atoms with E-state index in [0.717, 1.165) is 37.2 Å². The standard InChI is InChI=1S/C21H24BrFN2O3/c1-27-19-7-3-2-6-16(19)18(25-10-4-5-11-25)13-24-21(26)14-28-20-9-8-15(23)12-17(20)22/h2-3,6-9,12,18H,4-5,10-11,13-14H2,1H3,(H,24,26)/t18-/m1/s1. The number of benzene rings is 2. The third kappa shape index (κ3) is 5.23. The van der Waals surface area contributed by atoms with Gasteiger partial charge >= 0.3 is 0 Å². The molecule has 1 N–H and O–H groups in total. The summed E-state index contributed by atoms with van der Waals surface area (Å²) < 4.78 is 24.6. The first-order valence-corrected chi connectivity index (χ1v) is 10.1. The second-order valence-electron chi connectivity index (χ2n) is 6.67. The maximum Gasteiger partial charge on any atom is 0.258 e. The predicted molar refractivity (Wildman–Crippen MR) is 109 cm³/mol. The summed E-state index contributed by atoms with van der Waals surface area (Å²) in [6.45, 7) is 2.32. The van der Waals surface area contributed by atoms with Crippen molar-refractivity contribution in [3.63, 3.8) is 0 Å². The van der Waals surface area contributed by atoms with Crippen molar-refractivity contribution in [3.8, 4) is 11.5 Å². The topological polar surface area (TPSA) is 50.8 Å². The van der Waals surface area contributed by atoms with Crippen LogP contribution in [-0.2, 0) is 4.79 Å². The molecule has 1 atom stereocenters. The van der Waals surface area contributed by atoms with Crippen molar-refractivity contribution in [2.45, 2.75) is 18.9 Å². The van der Waals surface area contributed by atoms with Crippen molar-refractivity contribution in [3.05, 3.63) is 58.3 Å². The van der Waals surface area contributed by atoms with Gasteiger partial charge in [-0.25, -0.2) is 4.39 Å². The highest BCUT2D eigenvalue weighted by Crippen LogP contribution is 2.31. The average Bonchev–Trinajstić information content (AvgIpc) is 3.22. The van der Waals surface area contributed by atoms with Crippen LogP contribution in [0.5, 0.6) is 11.5 Å². The Labute approximate surface area is 172 Å². The molecule has 150 valence electrons. The number of carbonyl (C=O) groups is 1. The van der Waals surface area contributed by atoms with Gasteiger partial charge in [-0.15, -0.1) is 0 Å². The molecule has 2 aromatic rings. The molecule has 0 aliphatic carbocycles. The first-order valence-electron chi connectivity index (χ1n) is 9.30. The summed E-state index contributed by atoms with van der Waals surface area (Å²) in [6.07, 6.45) is 2.31. The highest BCUT2D eigenvalue weighted by molar-refractivity contribution is 9.10. The van der Waals surface area contributed by atoms with Gasteiger partial charge in [-0.1, -0.05) is 18.2 Å². The van der Waals surface area contributed by atoms with Crippen molar-refractivity contribution < 1.29 is 18.7 Å². The number of nitrogens with one attached hydrogen (secondary N) is 1. The normalized spacial score (nSPS) is 15.2. The molecule has 28 heavy (non-hydrogen) atoms. The van der Waals surface area contributed by atoms with Gasteiger partial charge in [0, 0.05) is 12.1 Å². The molecule has 1 saturated heterocycles. The number of rotatable bonds is 8. The molecule has 1 fully saturated rings. The molecule has 0 spiro atoms. The number of likely N-dealkylation sites (tertiary alicyclic amines) is 1. The number of ether oxygens (including phenoxy) is 2. The number of nitrogens with zero attached hydrogens (tertiary/aromatic N) is 1. The molecule has 1 aliphatic heterocycles. The number of methoxy groups -OCH3 is 1. The first kappa shape index (κ1) is 20.6. The summed E-state index contributed by atoms with van der Waals surface area (Å²) in [4.78, 5) is 14.7. The van der Waals surface area contributed by atoms with Crippen molar-refractivity contribution in [1.29, 1.82) is 0 Å². The molecular weight excluding hydrogens is 427 g/mol. The highest BCUT2D eigenvalue weighted by Gasteiger charge is 2.26. The second kappa shape index (κ2) is 9.89. The predicted octanol–water partition coefficient (Wildman–Crippen LogP) is 3.93. The Balaban J connectivity index is 1.62. The number of hydrogen-bond acceptors (Lipinski definition) is 4. The number of amides is 1. The Hall–Kier alpha value is -2.12. The Morgan fingerprint density at radius 3 is 2.68 bits per heavy atom. The van der Waals surface area contributed by atoms with Gasteiger partial charge in [0.05, 0.1) is 17.6 Å². The Morgan fingerprint density at radius 1 is 1.21 bits per heavy atom. The molecule has 2 aromatic carbocycles. The van der Waals surface area contributed by atoms with Gasteiger partial charge in [0.2, 0.25) is 0 Å². The molecule has 1 amide bonds. The van der Waals surface area contributed by atoms with Crippen LogP contribution >= 0.6 is 15.9 Å². The molecule has 5 nitrogen and oxygen atoms in total. The van der Waals surface area contributed by atoms with Crippen LogP contribution in [0.25, 0.3) is 0 Å². The van der Waals surface area contributed by atoms with Crippen molar-refractivity contribution in [2.24, 2.45) is 0 Å². The SMILES string of the molecule is COc1ccccc1[C@@H](CNC(=O)COc1ccc(F)cc1Br)N1CCCC1. The minimum Gasteiger partial charge on any atom is -0.496 e. The van der Waals surface area contributed by atoms with E-state index in [1.807, 2.05) is 24.3 Å². The van der Waals surface area contributed by atoms with Gasteiger partial charge in [0.15, 0.2) is 6.61 Å². The summed E-state index contributed by atoms with van der Waals surface area (Å²) in [5.74, 6) is 0.654. The third-order valence-corrected chi connectivity index (χ3v) is 5.44. The van der Waals surface area contributed by atoms with E-state index in [9.17, 15) is 9.18 Å². The molecule has 0 aromatic heterocycles. The quantitative estimate of drug-likeness (QED) is 0.661. The van der Waals surface area contributed by atoms with Gasteiger partial charge in [-0.2, -0.15) is 0 Å². The maximum absolute atomic E-state index is 13.1. The third-order valence-electron chi connectivity index (χ3n) is 4.82. The summed E-state index contributed by atoms with van der Waals surface area (Å²) in [7, 11) is 1.66. The van der Waals surface area contributed by atoms with E-state index >= 15 is 0 Å². The Bertz CT molecular complexity index is 812. The van der Waals surface area contributed by atoms with E-state index in [1.165, 1.54) is 18.2 Å². The summed E-state index contributed by atoms with van der Waals surface area (Å²) in [6, 6.07) is 12.0. The molecule has 0 unspecified atom stereocenters. The molecule has 7 heteroatoms. The van der Waals surface area contributed by atoms with Crippen LogP contribution in [0.4, 0.5) is 4.39 Å². The van der Waals surface area contributed by atoms with Crippen LogP contribution in [-0.4, -0.2) is 44.2 Å². The van der Waals surface area contributed by atoms with Crippen molar-refractivity contribution >= 4 is 21.8 Å². The van der Waals surface area contributed by atoms with Gasteiger partial charge in [0.1, 0.15) is 17.3 Å². The summed E-state index contributed by atoms with van der Waals surface area (Å²) in [5, 5.41) is 2.96. The molecule has 1 heterocycles. The zero-order chi connectivity index (χ0) is 19.9. The highest BCUT2D eigenvalue weighted by atomic mass is 79.9. The van der Waals surface area contributed by atoms with Gasteiger partial charge in [-0.05, 0) is 66.1 Å². The maximum atomic E-state index is 13.1. The largest absolute Gasteiger partial charge is 0.496 e. The minimum atomic E-state index is -0.367. The molecule has 0 saturated carbocycles. The lowest BCUT2D eigenvalue weighted by Gasteiger charge is -2.29. The van der Waals surface area contributed by atoms with E-state index in [-0.39, 0.29) is 24.4 Å². The second-order valence-corrected chi connectivity index (χ2v) is 7.52. The van der Waals surface area contributed by atoms with Gasteiger partial charge < -0.3 is 14.8 Å². The molecule has 3 rings (SSSR count). The van der Waals surface area contributed by atoms with Crippen LogP contribution in [0.15, 0.2) is 46.9 Å². The first-order chi connectivity index (χ1) is 13.6. The lowest BCUT2D eigenvalue weighted by atomic mass is 10.0. The average molecular weight is 451 g/mol. The van der Waals surface area contributed by atoms with Crippen LogP contribution in [0.3, 0.4) is 0 Å². The van der Waals surface area contributed by atoms with Crippen LogP contribution < -0.4 is 14.8 Å². The smallest absolute Gasteiger partial charge is 0.258 e. The molecule has 0 bridgehead atoms. The number of carbonyl (C=O) groups excluding carboxylic acids is 1. The van der Waals surface area contributed by atoms with Crippen molar-refractivity contribution in [2.75, 3.05) is 33.4 Å². The molecule has 1 aliphatic rings. The number of hydrogen-bond donors (Lipinski definition) is 1. The van der Waals surface area contributed by atoms with E-state index < -0.39 is 0 Å². The monoisotopic (exact) mass is 450 g/mol. The van der Waals surface area contributed by atoms with E-state index in [2.05, 4.69) is 26.1 Å². The Morgan fingerprint density at radius 2 is 1.96 bits per heavy atom. The zero-order valence-corrected chi connectivity index (χ0v) is 17.4. The molecular formula is C21H24BrFN2O3. The van der Waals surface area contributed by atoms with Gasteiger partial charge in [0.25, 0.3) is 5.91 Å². The fourth-order valence-corrected chi connectivity index (χ4v) is 3.89. The van der Waals surface area contributed by atoms with E-state index in [4.69, 9.17) is 9.47 Å². The minimum absolute atomic E-state index is 0.0418. The molecule has 0 radical (unpaired) electrons. The Kier molecular flexibility index (Phi) is 7.28. The van der Waals surface area contributed by atoms with E-state index in [0.29, 0.717) is 16.8 Å². The lowest BCUT2D eigenvalue weighted by molar-refractivity contribution is -0.123. The van der Waals surface area contributed by atoms with Crippen LogP contribution in [0, 0.1) is 5.82 Å². The van der Waals surface area contributed by atoms with Crippen LogP contribution in [0.1, 0.15) is 24.4 Å². The summed E-state index contributed by atoms with van der Waals surface area (Å²) in [5.41, 5.74) is 1.06.